The van der Waals surface area contributed by atoms with Crippen LogP contribution >= 0.6 is 12.4 Å². The van der Waals surface area contributed by atoms with Gasteiger partial charge in [0.15, 0.2) is 0 Å². The van der Waals surface area contributed by atoms with E-state index in [9.17, 15) is 9.90 Å². The molecule has 6 nitrogen and oxygen atoms in total. The maximum absolute atomic E-state index is 10.4. The molecule has 0 aromatic heterocycles. The zero-order valence-electron chi connectivity index (χ0n) is 10.9. The van der Waals surface area contributed by atoms with Gasteiger partial charge in [0, 0.05) is 11.6 Å². The lowest BCUT2D eigenvalue weighted by atomic mass is 10.2. The number of amides is 2. The van der Waals surface area contributed by atoms with Gasteiger partial charge >= 0.3 is 6.03 Å². The number of hydrazone groups is 1. The van der Waals surface area contributed by atoms with Crippen molar-refractivity contribution >= 4 is 24.7 Å². The largest absolute Gasteiger partial charge is 0.507 e. The third-order valence-electron chi connectivity index (χ3n) is 2.36. The Morgan fingerprint density at radius 1 is 1.19 bits per heavy atom. The Kier molecular flexibility index (Phi) is 6.03. The van der Waals surface area contributed by atoms with Gasteiger partial charge in [0.1, 0.15) is 17.2 Å². The van der Waals surface area contributed by atoms with Crippen molar-refractivity contribution in [1.82, 2.24) is 5.43 Å². The Hall–Kier alpha value is -2.73. The molecule has 0 saturated carbocycles. The van der Waals surface area contributed by atoms with E-state index in [1.165, 1.54) is 12.3 Å². The molecule has 0 radical (unpaired) electrons. The number of phenols is 1. The van der Waals surface area contributed by atoms with Crippen LogP contribution in [0.3, 0.4) is 0 Å². The molecule has 0 saturated heterocycles. The van der Waals surface area contributed by atoms with Crippen LogP contribution in [0, 0.1) is 0 Å². The summed E-state index contributed by atoms with van der Waals surface area (Å²) in [5.74, 6) is 1.14. The average Bonchev–Trinajstić information content (AvgIpc) is 2.42. The van der Waals surface area contributed by atoms with Gasteiger partial charge in [-0.25, -0.2) is 10.2 Å². The summed E-state index contributed by atoms with van der Waals surface area (Å²) in [7, 11) is 0. The third-order valence-corrected chi connectivity index (χ3v) is 2.36. The molecule has 0 unspecified atom stereocenters. The van der Waals surface area contributed by atoms with Crippen LogP contribution in [0.2, 0.25) is 0 Å². The van der Waals surface area contributed by atoms with E-state index in [-0.39, 0.29) is 18.2 Å². The molecule has 0 aliphatic rings. The second kappa shape index (κ2) is 7.76. The predicted octanol–water partition coefficient (Wildman–Crippen LogP) is 2.61. The Morgan fingerprint density at radius 3 is 2.52 bits per heavy atom. The van der Waals surface area contributed by atoms with Crippen molar-refractivity contribution in [3.05, 3.63) is 54.1 Å². The van der Waals surface area contributed by atoms with Crippen LogP contribution in [0.4, 0.5) is 4.79 Å². The van der Waals surface area contributed by atoms with Gasteiger partial charge in [-0.15, -0.1) is 12.4 Å². The highest BCUT2D eigenvalue weighted by Crippen LogP contribution is 2.26. The molecule has 7 heteroatoms. The van der Waals surface area contributed by atoms with Crippen LogP contribution in [0.15, 0.2) is 53.6 Å². The molecule has 2 aromatic rings. The molecule has 0 fully saturated rings. The molecule has 0 aliphatic carbocycles. The number of carbonyl (C=O) groups excluding carboxylic acids is 1. The maximum atomic E-state index is 10.4. The number of hydrogen-bond donors (Lipinski definition) is 3. The number of phenolic OH excluding ortho intramolecular Hbond substituents is 1. The van der Waals surface area contributed by atoms with Gasteiger partial charge < -0.3 is 15.6 Å². The second-order valence-corrected chi connectivity index (χ2v) is 3.87. The van der Waals surface area contributed by atoms with Crippen LogP contribution < -0.4 is 15.9 Å². The number of primary amides is 1. The molecule has 0 bridgehead atoms. The van der Waals surface area contributed by atoms with Crippen molar-refractivity contribution in [2.75, 3.05) is 0 Å². The molecule has 0 spiro atoms. The fraction of sp³-hybridized carbons (Fsp3) is 0. The van der Waals surface area contributed by atoms with Gasteiger partial charge in [-0.05, 0) is 24.3 Å². The number of nitrogens with two attached hydrogens (primary N) is 1. The first-order valence-electron chi connectivity index (χ1n) is 5.79. The molecule has 2 rings (SSSR count). The van der Waals surface area contributed by atoms with E-state index in [4.69, 9.17) is 10.5 Å². The van der Waals surface area contributed by atoms with Crippen molar-refractivity contribution in [3.8, 4) is 17.2 Å². The van der Waals surface area contributed by atoms with Gasteiger partial charge in [-0.1, -0.05) is 18.2 Å². The summed E-state index contributed by atoms with van der Waals surface area (Å²) in [5.41, 5.74) is 7.33. The molecule has 21 heavy (non-hydrogen) atoms. The van der Waals surface area contributed by atoms with E-state index >= 15 is 0 Å². The highest BCUT2D eigenvalue weighted by Gasteiger charge is 2.02. The SMILES string of the molecule is Cl.NC(=O)NN=Cc1ccc(Oc2ccccc2)cc1O. The quantitative estimate of drug-likeness (QED) is 0.598. The maximum Gasteiger partial charge on any atom is 0.332 e. The highest BCUT2D eigenvalue weighted by atomic mass is 35.5. The molecule has 2 aromatic carbocycles. The summed E-state index contributed by atoms with van der Waals surface area (Å²) in [6.45, 7) is 0. The van der Waals surface area contributed by atoms with Crippen LogP contribution in [-0.4, -0.2) is 17.4 Å². The smallest absolute Gasteiger partial charge is 0.332 e. The number of ether oxygens (including phenoxy) is 1. The summed E-state index contributed by atoms with van der Waals surface area (Å²) >= 11 is 0. The third kappa shape index (κ3) is 5.04. The fourth-order valence-electron chi connectivity index (χ4n) is 1.49. The van der Waals surface area contributed by atoms with Crippen LogP contribution in [0.1, 0.15) is 5.56 Å². The fourth-order valence-corrected chi connectivity index (χ4v) is 1.49. The van der Waals surface area contributed by atoms with E-state index in [1.54, 1.807) is 12.1 Å². The van der Waals surface area contributed by atoms with Gasteiger partial charge in [-0.3, -0.25) is 0 Å². The number of halogens is 1. The topological polar surface area (TPSA) is 96.9 Å². The number of rotatable bonds is 4. The number of hydrogen-bond acceptors (Lipinski definition) is 4. The lowest BCUT2D eigenvalue weighted by Crippen LogP contribution is -2.24. The second-order valence-electron chi connectivity index (χ2n) is 3.87. The monoisotopic (exact) mass is 307 g/mol. The summed E-state index contributed by atoms with van der Waals surface area (Å²) in [6.07, 6.45) is 1.28. The Morgan fingerprint density at radius 2 is 1.90 bits per heavy atom. The van der Waals surface area contributed by atoms with Gasteiger partial charge in [0.2, 0.25) is 0 Å². The number of nitrogens with zero attached hydrogens (tertiary/aromatic N) is 1. The van der Waals surface area contributed by atoms with Crippen molar-refractivity contribution < 1.29 is 14.6 Å². The van der Waals surface area contributed by atoms with Crippen molar-refractivity contribution in [2.24, 2.45) is 10.8 Å². The van der Waals surface area contributed by atoms with Gasteiger partial charge in [0.05, 0.1) is 6.21 Å². The number of nitrogens with one attached hydrogen (secondary N) is 1. The van der Waals surface area contributed by atoms with Crippen LogP contribution in [-0.2, 0) is 0 Å². The molecule has 0 heterocycles. The number of carbonyl (C=O) groups is 1. The first-order valence-corrected chi connectivity index (χ1v) is 5.79. The summed E-state index contributed by atoms with van der Waals surface area (Å²) in [4.78, 5) is 10.4. The minimum absolute atomic E-state index is 0. The normalized spacial score (nSPS) is 9.90. The standard InChI is InChI=1S/C14H13N3O3.ClH/c15-14(19)17-16-9-10-6-7-12(8-13(10)18)20-11-4-2-1-3-5-11;/h1-9,18H,(H3,15,17,19);1H. The molecule has 110 valence electrons. The van der Waals surface area contributed by atoms with Crippen LogP contribution in [0.5, 0.6) is 17.2 Å². The summed E-state index contributed by atoms with van der Waals surface area (Å²) in [6, 6.07) is 13.2. The molecule has 0 aliphatic heterocycles. The first kappa shape index (κ1) is 16.3. The first-order chi connectivity index (χ1) is 9.65. The molecular formula is C14H14ClN3O3. The van der Waals surface area contributed by atoms with E-state index < -0.39 is 6.03 Å². The molecule has 2 amide bonds. The Bertz CT molecular complexity index is 633. The number of benzene rings is 2. The minimum atomic E-state index is -0.773. The van der Waals surface area contributed by atoms with E-state index in [2.05, 4.69) is 5.10 Å². The zero-order valence-corrected chi connectivity index (χ0v) is 11.7. The number of para-hydroxylation sites is 1. The minimum Gasteiger partial charge on any atom is -0.507 e. The predicted molar refractivity (Wildman–Crippen MR) is 82.2 cm³/mol. The Balaban J connectivity index is 0.00000220. The lowest BCUT2D eigenvalue weighted by molar-refractivity contribution is 0.249. The summed E-state index contributed by atoms with van der Waals surface area (Å²) in [5, 5.41) is 13.4. The van der Waals surface area contributed by atoms with Gasteiger partial charge in [-0.2, -0.15) is 5.10 Å². The summed E-state index contributed by atoms with van der Waals surface area (Å²) < 4.78 is 5.56. The molecule has 4 N–H and O–H groups in total. The zero-order chi connectivity index (χ0) is 14.4. The van der Waals surface area contributed by atoms with E-state index in [0.717, 1.165) is 0 Å². The van der Waals surface area contributed by atoms with Gasteiger partial charge in [0.25, 0.3) is 0 Å². The Labute approximate surface area is 127 Å². The van der Waals surface area contributed by atoms with E-state index in [1.807, 2.05) is 35.8 Å². The average molecular weight is 308 g/mol. The molecular weight excluding hydrogens is 294 g/mol. The van der Waals surface area contributed by atoms with Crippen LogP contribution in [0.25, 0.3) is 0 Å². The van der Waals surface area contributed by atoms with Crippen molar-refractivity contribution in [3.63, 3.8) is 0 Å². The highest BCUT2D eigenvalue weighted by molar-refractivity contribution is 5.85. The number of aromatic hydroxyl groups is 1. The van der Waals surface area contributed by atoms with Crippen molar-refractivity contribution in [1.29, 1.82) is 0 Å². The lowest BCUT2D eigenvalue weighted by Gasteiger charge is -2.06. The molecule has 0 atom stereocenters. The number of urea groups is 1. The van der Waals surface area contributed by atoms with Crippen molar-refractivity contribution in [2.45, 2.75) is 0 Å². The van der Waals surface area contributed by atoms with E-state index in [0.29, 0.717) is 17.1 Å².